The standard InChI is InChI=1S/C13H21N3O3S.ClH/c1-11-3-5-12(6-4-11)20(18,19)16-10-9-15-13(17)7-8-14-2;/h3-6,14,16H,7-10H2,1-2H3,(H,15,17);1H. The van der Waals surface area contributed by atoms with Gasteiger partial charge in [0.2, 0.25) is 15.9 Å². The predicted molar refractivity (Wildman–Crippen MR) is 85.2 cm³/mol. The maximum Gasteiger partial charge on any atom is 0.240 e. The monoisotopic (exact) mass is 335 g/mol. The first-order valence-corrected chi connectivity index (χ1v) is 7.91. The van der Waals surface area contributed by atoms with E-state index in [1.165, 1.54) is 0 Å². The van der Waals surface area contributed by atoms with Crippen LogP contribution in [-0.2, 0) is 14.8 Å². The van der Waals surface area contributed by atoms with Crippen LogP contribution in [0.25, 0.3) is 0 Å². The molecule has 1 aromatic rings. The van der Waals surface area contributed by atoms with Crippen LogP contribution < -0.4 is 15.4 Å². The molecule has 0 unspecified atom stereocenters. The third-order valence-electron chi connectivity index (χ3n) is 2.67. The molecule has 0 atom stereocenters. The molecular formula is C13H22ClN3O3S. The summed E-state index contributed by atoms with van der Waals surface area (Å²) in [4.78, 5) is 11.5. The summed E-state index contributed by atoms with van der Waals surface area (Å²) in [5.41, 5.74) is 1.00. The molecule has 0 bridgehead atoms. The summed E-state index contributed by atoms with van der Waals surface area (Å²) in [6.07, 6.45) is 0.376. The van der Waals surface area contributed by atoms with Crippen molar-refractivity contribution in [2.45, 2.75) is 18.2 Å². The van der Waals surface area contributed by atoms with Crippen LogP contribution in [0.2, 0.25) is 0 Å². The minimum atomic E-state index is -3.51. The van der Waals surface area contributed by atoms with E-state index in [4.69, 9.17) is 0 Å². The first-order valence-electron chi connectivity index (χ1n) is 6.43. The smallest absolute Gasteiger partial charge is 0.240 e. The molecule has 8 heteroatoms. The summed E-state index contributed by atoms with van der Waals surface area (Å²) < 4.78 is 26.3. The Labute approximate surface area is 132 Å². The van der Waals surface area contributed by atoms with Crippen LogP contribution in [0.3, 0.4) is 0 Å². The molecule has 0 aliphatic rings. The van der Waals surface area contributed by atoms with Crippen molar-refractivity contribution >= 4 is 28.3 Å². The summed E-state index contributed by atoms with van der Waals surface area (Å²) in [7, 11) is -1.74. The van der Waals surface area contributed by atoms with E-state index in [1.54, 1.807) is 31.3 Å². The molecule has 0 aliphatic carbocycles. The molecule has 6 nitrogen and oxygen atoms in total. The SMILES string of the molecule is CNCCC(=O)NCCNS(=O)(=O)c1ccc(C)cc1.Cl. The molecular weight excluding hydrogens is 314 g/mol. The highest BCUT2D eigenvalue weighted by Gasteiger charge is 2.12. The number of hydrogen-bond acceptors (Lipinski definition) is 4. The Balaban J connectivity index is 0.00000400. The van der Waals surface area contributed by atoms with Gasteiger partial charge in [-0.2, -0.15) is 0 Å². The topological polar surface area (TPSA) is 87.3 Å². The maximum atomic E-state index is 11.9. The zero-order chi connectivity index (χ0) is 15.0. The van der Waals surface area contributed by atoms with E-state index < -0.39 is 10.0 Å². The molecule has 1 rings (SSSR count). The van der Waals surface area contributed by atoms with E-state index in [9.17, 15) is 13.2 Å². The molecule has 0 spiro atoms. The first kappa shape index (κ1) is 19.9. The number of benzene rings is 1. The van der Waals surface area contributed by atoms with Gasteiger partial charge in [-0.3, -0.25) is 4.79 Å². The molecule has 1 amide bonds. The maximum absolute atomic E-state index is 11.9. The number of rotatable bonds is 8. The molecule has 0 saturated carbocycles. The van der Waals surface area contributed by atoms with Crippen LogP contribution in [-0.4, -0.2) is 41.0 Å². The predicted octanol–water partition coefficient (Wildman–Crippen LogP) is 0.421. The summed E-state index contributed by atoms with van der Waals surface area (Å²) >= 11 is 0. The lowest BCUT2D eigenvalue weighted by Crippen LogP contribution is -2.35. The summed E-state index contributed by atoms with van der Waals surface area (Å²) in [5.74, 6) is -0.103. The van der Waals surface area contributed by atoms with Crippen molar-refractivity contribution in [3.05, 3.63) is 29.8 Å². The van der Waals surface area contributed by atoms with Crippen molar-refractivity contribution in [3.8, 4) is 0 Å². The minimum Gasteiger partial charge on any atom is -0.355 e. The number of amides is 1. The molecule has 120 valence electrons. The van der Waals surface area contributed by atoms with Gasteiger partial charge < -0.3 is 10.6 Å². The van der Waals surface area contributed by atoms with Crippen molar-refractivity contribution in [2.24, 2.45) is 0 Å². The lowest BCUT2D eigenvalue weighted by atomic mass is 10.2. The van der Waals surface area contributed by atoms with Crippen LogP contribution in [0.4, 0.5) is 0 Å². The number of nitrogens with one attached hydrogen (secondary N) is 3. The van der Waals surface area contributed by atoms with Gasteiger partial charge in [0.25, 0.3) is 0 Å². The molecule has 0 heterocycles. The lowest BCUT2D eigenvalue weighted by Gasteiger charge is -2.08. The number of sulfonamides is 1. The lowest BCUT2D eigenvalue weighted by molar-refractivity contribution is -0.120. The van der Waals surface area contributed by atoms with Gasteiger partial charge in [-0.05, 0) is 26.1 Å². The zero-order valence-electron chi connectivity index (χ0n) is 12.2. The molecule has 0 aliphatic heterocycles. The quantitative estimate of drug-likeness (QED) is 0.601. The van der Waals surface area contributed by atoms with Gasteiger partial charge >= 0.3 is 0 Å². The van der Waals surface area contributed by atoms with E-state index in [-0.39, 0.29) is 36.3 Å². The number of carbonyl (C=O) groups is 1. The largest absolute Gasteiger partial charge is 0.355 e. The Bertz CT molecular complexity index is 532. The van der Waals surface area contributed by atoms with Gasteiger partial charge in [0.15, 0.2) is 0 Å². The minimum absolute atomic E-state index is 0. The Hall–Kier alpha value is -1.15. The van der Waals surface area contributed by atoms with Crippen LogP contribution in [0.15, 0.2) is 29.2 Å². The van der Waals surface area contributed by atoms with Gasteiger partial charge in [-0.15, -0.1) is 12.4 Å². The van der Waals surface area contributed by atoms with E-state index in [0.717, 1.165) is 5.56 Å². The second-order valence-corrected chi connectivity index (χ2v) is 6.18. The average Bonchev–Trinajstić information content (AvgIpc) is 2.42. The normalized spacial score (nSPS) is 10.8. The van der Waals surface area contributed by atoms with E-state index in [2.05, 4.69) is 15.4 Å². The second-order valence-electron chi connectivity index (χ2n) is 4.41. The molecule has 0 radical (unpaired) electrons. The van der Waals surface area contributed by atoms with Crippen molar-refractivity contribution in [3.63, 3.8) is 0 Å². The molecule has 21 heavy (non-hydrogen) atoms. The molecule has 0 fully saturated rings. The van der Waals surface area contributed by atoms with Crippen LogP contribution in [0.1, 0.15) is 12.0 Å². The third-order valence-corrected chi connectivity index (χ3v) is 4.15. The number of carbonyl (C=O) groups excluding carboxylic acids is 1. The van der Waals surface area contributed by atoms with Crippen molar-refractivity contribution in [1.29, 1.82) is 0 Å². The molecule has 1 aromatic carbocycles. The second kappa shape index (κ2) is 9.73. The fourth-order valence-corrected chi connectivity index (χ4v) is 2.55. The number of aryl methyl sites for hydroxylation is 1. The van der Waals surface area contributed by atoms with Gasteiger partial charge in [-0.25, -0.2) is 13.1 Å². The number of halogens is 1. The highest BCUT2D eigenvalue weighted by molar-refractivity contribution is 7.89. The van der Waals surface area contributed by atoms with Gasteiger partial charge in [0, 0.05) is 26.1 Å². The average molecular weight is 336 g/mol. The van der Waals surface area contributed by atoms with E-state index in [0.29, 0.717) is 13.0 Å². The summed E-state index contributed by atoms with van der Waals surface area (Å²) in [6.45, 7) is 2.93. The van der Waals surface area contributed by atoms with Crippen molar-refractivity contribution in [1.82, 2.24) is 15.4 Å². The summed E-state index contributed by atoms with van der Waals surface area (Å²) in [5, 5.41) is 5.51. The van der Waals surface area contributed by atoms with Crippen LogP contribution in [0.5, 0.6) is 0 Å². The Morgan fingerprint density at radius 1 is 1.10 bits per heavy atom. The Morgan fingerprint density at radius 3 is 2.29 bits per heavy atom. The molecule has 3 N–H and O–H groups in total. The summed E-state index contributed by atoms with van der Waals surface area (Å²) in [6, 6.07) is 6.61. The van der Waals surface area contributed by atoms with E-state index in [1.807, 2.05) is 6.92 Å². The van der Waals surface area contributed by atoms with Gasteiger partial charge in [-0.1, -0.05) is 17.7 Å². The van der Waals surface area contributed by atoms with E-state index >= 15 is 0 Å². The number of hydrogen-bond donors (Lipinski definition) is 3. The Kier molecular flexibility index (Phi) is 9.19. The fourth-order valence-electron chi connectivity index (χ4n) is 1.51. The van der Waals surface area contributed by atoms with Crippen molar-refractivity contribution < 1.29 is 13.2 Å². The third kappa shape index (κ3) is 7.42. The first-order chi connectivity index (χ1) is 9.45. The van der Waals surface area contributed by atoms with Crippen LogP contribution in [0, 0.1) is 6.92 Å². The van der Waals surface area contributed by atoms with Gasteiger partial charge in [0.05, 0.1) is 4.90 Å². The Morgan fingerprint density at radius 2 is 1.71 bits per heavy atom. The molecule has 0 saturated heterocycles. The highest BCUT2D eigenvalue weighted by Crippen LogP contribution is 2.09. The van der Waals surface area contributed by atoms with Gasteiger partial charge in [0.1, 0.15) is 0 Å². The zero-order valence-corrected chi connectivity index (χ0v) is 13.8. The van der Waals surface area contributed by atoms with Crippen LogP contribution >= 0.6 is 12.4 Å². The highest BCUT2D eigenvalue weighted by atomic mass is 35.5. The molecule has 0 aromatic heterocycles. The van der Waals surface area contributed by atoms with Crippen molar-refractivity contribution in [2.75, 3.05) is 26.7 Å². The fraction of sp³-hybridized carbons (Fsp3) is 0.462.